The summed E-state index contributed by atoms with van der Waals surface area (Å²) in [7, 11) is 0. The second kappa shape index (κ2) is 3.98. The Bertz CT molecular complexity index is 239. The van der Waals surface area contributed by atoms with Crippen LogP contribution in [0, 0.1) is 5.41 Å². The molecule has 4 nitrogen and oxygen atoms in total. The van der Waals surface area contributed by atoms with E-state index in [1.807, 2.05) is 20.8 Å². The summed E-state index contributed by atoms with van der Waals surface area (Å²) >= 11 is 0. The molecule has 0 bridgehead atoms. The molecule has 0 N–H and O–H groups in total. The molecule has 1 fully saturated rings. The minimum atomic E-state index is -0.676. The van der Waals surface area contributed by atoms with Crippen molar-refractivity contribution in [3.8, 4) is 0 Å². The van der Waals surface area contributed by atoms with Crippen molar-refractivity contribution in [1.29, 1.82) is 0 Å². The summed E-state index contributed by atoms with van der Waals surface area (Å²) in [5.41, 5.74) is -0.112. The number of cyclic esters (lactones) is 1. The lowest BCUT2D eigenvalue weighted by Gasteiger charge is -2.17. The highest BCUT2D eigenvalue weighted by Crippen LogP contribution is 2.20. The van der Waals surface area contributed by atoms with E-state index in [9.17, 15) is 9.59 Å². The minimum absolute atomic E-state index is 0.112. The predicted molar refractivity (Wildman–Crippen MR) is 49.5 cm³/mol. The van der Waals surface area contributed by atoms with E-state index in [2.05, 4.69) is 4.74 Å². The van der Waals surface area contributed by atoms with Crippen LogP contribution < -0.4 is 0 Å². The van der Waals surface area contributed by atoms with E-state index in [0.29, 0.717) is 19.4 Å². The third-order valence-corrected chi connectivity index (χ3v) is 1.84. The van der Waals surface area contributed by atoms with Gasteiger partial charge in [0.1, 0.15) is 0 Å². The van der Waals surface area contributed by atoms with Crippen molar-refractivity contribution in [1.82, 2.24) is 0 Å². The molecule has 1 aliphatic heterocycles. The zero-order chi connectivity index (χ0) is 10.8. The smallest absolute Gasteiger partial charge is 0.347 e. The summed E-state index contributed by atoms with van der Waals surface area (Å²) in [6, 6.07) is 0. The highest BCUT2D eigenvalue weighted by molar-refractivity contribution is 5.80. The van der Waals surface area contributed by atoms with Crippen molar-refractivity contribution >= 4 is 11.9 Å². The molecule has 0 aromatic rings. The molecule has 4 heteroatoms. The van der Waals surface area contributed by atoms with Crippen LogP contribution in [-0.4, -0.2) is 24.6 Å². The Morgan fingerprint density at radius 2 is 2.21 bits per heavy atom. The maximum absolute atomic E-state index is 11.3. The van der Waals surface area contributed by atoms with Crippen LogP contribution in [0.4, 0.5) is 0 Å². The zero-order valence-electron chi connectivity index (χ0n) is 8.83. The molecule has 1 saturated heterocycles. The van der Waals surface area contributed by atoms with Crippen LogP contribution >= 0.6 is 0 Å². The van der Waals surface area contributed by atoms with E-state index < -0.39 is 12.1 Å². The highest BCUT2D eigenvalue weighted by Gasteiger charge is 2.31. The van der Waals surface area contributed by atoms with Crippen molar-refractivity contribution in [3.05, 3.63) is 0 Å². The number of ether oxygens (including phenoxy) is 2. The van der Waals surface area contributed by atoms with Gasteiger partial charge in [0.15, 0.2) is 0 Å². The Kier molecular flexibility index (Phi) is 3.13. The van der Waals surface area contributed by atoms with Crippen LogP contribution in [0.1, 0.15) is 33.6 Å². The lowest BCUT2D eigenvalue weighted by molar-refractivity contribution is -0.161. The van der Waals surface area contributed by atoms with Crippen molar-refractivity contribution in [3.63, 3.8) is 0 Å². The fourth-order valence-corrected chi connectivity index (χ4v) is 1.22. The van der Waals surface area contributed by atoms with Gasteiger partial charge in [-0.25, -0.2) is 4.79 Å². The number of hydrogen-bond donors (Lipinski definition) is 0. The van der Waals surface area contributed by atoms with E-state index in [4.69, 9.17) is 4.74 Å². The van der Waals surface area contributed by atoms with Gasteiger partial charge >= 0.3 is 11.9 Å². The van der Waals surface area contributed by atoms with Crippen LogP contribution in [0.15, 0.2) is 0 Å². The average molecular weight is 200 g/mol. The maximum Gasteiger partial charge on any atom is 0.347 e. The molecule has 0 spiro atoms. The Morgan fingerprint density at radius 3 is 2.64 bits per heavy atom. The Hall–Kier alpha value is -1.06. The van der Waals surface area contributed by atoms with E-state index in [-0.39, 0.29) is 11.4 Å². The average Bonchev–Trinajstić information content (AvgIpc) is 2.32. The van der Waals surface area contributed by atoms with Crippen LogP contribution in [0.3, 0.4) is 0 Å². The summed E-state index contributed by atoms with van der Waals surface area (Å²) < 4.78 is 9.67. The first-order chi connectivity index (χ1) is 6.38. The lowest BCUT2D eigenvalue weighted by atomic mass is 9.92. The van der Waals surface area contributed by atoms with E-state index in [1.54, 1.807) is 0 Å². The van der Waals surface area contributed by atoms with Gasteiger partial charge in [-0.3, -0.25) is 4.79 Å². The molecule has 0 saturated carbocycles. The van der Waals surface area contributed by atoms with Gasteiger partial charge in [0.25, 0.3) is 0 Å². The second-order valence-electron chi connectivity index (χ2n) is 4.67. The fourth-order valence-electron chi connectivity index (χ4n) is 1.22. The zero-order valence-corrected chi connectivity index (χ0v) is 8.83. The summed E-state index contributed by atoms with van der Waals surface area (Å²) in [5, 5.41) is 0. The van der Waals surface area contributed by atoms with Gasteiger partial charge in [-0.15, -0.1) is 0 Å². The quantitative estimate of drug-likeness (QED) is 0.630. The standard InChI is InChI=1S/C10H16O4/c1-10(2,3)6-8(11)14-7-4-5-13-9(7)12/h7H,4-6H2,1-3H3. The van der Waals surface area contributed by atoms with E-state index >= 15 is 0 Å². The first-order valence-corrected chi connectivity index (χ1v) is 4.74. The fraction of sp³-hybridized carbons (Fsp3) is 0.800. The van der Waals surface area contributed by atoms with Gasteiger partial charge < -0.3 is 9.47 Å². The molecular formula is C10H16O4. The number of carbonyl (C=O) groups is 2. The molecule has 1 aliphatic rings. The highest BCUT2D eigenvalue weighted by atomic mass is 16.6. The molecule has 0 radical (unpaired) electrons. The molecule has 0 aromatic carbocycles. The molecule has 1 heterocycles. The van der Waals surface area contributed by atoms with Crippen molar-refractivity contribution in [2.45, 2.75) is 39.7 Å². The normalized spacial score (nSPS) is 21.9. The largest absolute Gasteiger partial charge is 0.463 e. The van der Waals surface area contributed by atoms with E-state index in [0.717, 1.165) is 0 Å². The second-order valence-corrected chi connectivity index (χ2v) is 4.67. The van der Waals surface area contributed by atoms with Gasteiger partial charge in [-0.2, -0.15) is 0 Å². The van der Waals surface area contributed by atoms with Gasteiger partial charge in [-0.05, 0) is 5.41 Å². The van der Waals surface area contributed by atoms with Crippen molar-refractivity contribution in [2.24, 2.45) is 5.41 Å². The predicted octanol–water partition coefficient (Wildman–Crippen LogP) is 1.28. The van der Waals surface area contributed by atoms with Gasteiger partial charge in [0, 0.05) is 6.42 Å². The minimum Gasteiger partial charge on any atom is -0.463 e. The SMILES string of the molecule is CC(C)(C)CC(=O)OC1CCOC1=O. The lowest BCUT2D eigenvalue weighted by Crippen LogP contribution is -2.25. The molecule has 14 heavy (non-hydrogen) atoms. The van der Waals surface area contributed by atoms with Crippen LogP contribution in [0.2, 0.25) is 0 Å². The first kappa shape index (κ1) is 11.0. The molecular weight excluding hydrogens is 184 g/mol. The third kappa shape index (κ3) is 3.36. The van der Waals surface area contributed by atoms with Crippen LogP contribution in [-0.2, 0) is 19.1 Å². The third-order valence-electron chi connectivity index (χ3n) is 1.84. The van der Waals surface area contributed by atoms with Crippen molar-refractivity contribution in [2.75, 3.05) is 6.61 Å². The summed E-state index contributed by atoms with van der Waals surface area (Å²) in [6.45, 7) is 6.19. The molecule has 1 atom stereocenters. The van der Waals surface area contributed by atoms with Gasteiger partial charge in [0.05, 0.1) is 13.0 Å². The molecule has 0 aliphatic carbocycles. The number of hydrogen-bond acceptors (Lipinski definition) is 4. The Labute approximate surface area is 83.6 Å². The van der Waals surface area contributed by atoms with Gasteiger partial charge in [-0.1, -0.05) is 20.8 Å². The number of rotatable bonds is 2. The Balaban J connectivity index is 2.37. The molecule has 1 unspecified atom stereocenters. The summed E-state index contributed by atoms with van der Waals surface area (Å²) in [5.74, 6) is -0.756. The van der Waals surface area contributed by atoms with E-state index in [1.165, 1.54) is 0 Å². The first-order valence-electron chi connectivity index (χ1n) is 4.74. The molecule has 1 rings (SSSR count). The van der Waals surface area contributed by atoms with Crippen molar-refractivity contribution < 1.29 is 19.1 Å². The summed E-state index contributed by atoms with van der Waals surface area (Å²) in [4.78, 5) is 22.3. The van der Waals surface area contributed by atoms with Gasteiger partial charge in [0.2, 0.25) is 6.10 Å². The topological polar surface area (TPSA) is 52.6 Å². The molecule has 80 valence electrons. The summed E-state index contributed by atoms with van der Waals surface area (Å²) in [6.07, 6.45) is 0.121. The van der Waals surface area contributed by atoms with Crippen LogP contribution in [0.5, 0.6) is 0 Å². The monoisotopic (exact) mass is 200 g/mol. The number of carbonyl (C=O) groups excluding carboxylic acids is 2. The number of esters is 2. The molecule has 0 aromatic heterocycles. The molecule has 0 amide bonds. The van der Waals surface area contributed by atoms with Crippen LogP contribution in [0.25, 0.3) is 0 Å². The Morgan fingerprint density at radius 1 is 1.57 bits per heavy atom. The maximum atomic E-state index is 11.3.